The normalized spacial score (nSPS) is 10.9. The number of nitrogens with two attached hydrogens (primary N) is 1. The van der Waals surface area contributed by atoms with Gasteiger partial charge >= 0.3 is 0 Å². The molecule has 0 aliphatic rings. The van der Waals surface area contributed by atoms with Crippen LogP contribution in [0.25, 0.3) is 22.0 Å². The van der Waals surface area contributed by atoms with E-state index in [1.54, 1.807) is 0 Å². The summed E-state index contributed by atoms with van der Waals surface area (Å²) in [6.07, 6.45) is 0. The Morgan fingerprint density at radius 3 is 2.65 bits per heavy atom. The first-order valence-electron chi connectivity index (χ1n) is 6.28. The van der Waals surface area contributed by atoms with Crippen molar-refractivity contribution in [3.05, 3.63) is 29.7 Å². The fourth-order valence-electron chi connectivity index (χ4n) is 2.39. The summed E-state index contributed by atoms with van der Waals surface area (Å²) in [7, 11) is 1.81. The van der Waals surface area contributed by atoms with Crippen molar-refractivity contribution < 1.29 is 4.52 Å². The van der Waals surface area contributed by atoms with Crippen LogP contribution in [0.1, 0.15) is 11.5 Å². The summed E-state index contributed by atoms with van der Waals surface area (Å²) in [5, 5.41) is 7.93. The van der Waals surface area contributed by atoms with Gasteiger partial charge in [0.1, 0.15) is 11.6 Å². The van der Waals surface area contributed by atoms with E-state index in [-0.39, 0.29) is 5.95 Å². The average molecular weight is 269 g/mol. The number of hydrogen-bond acceptors (Lipinski definition) is 6. The lowest BCUT2D eigenvalue weighted by Crippen LogP contribution is -2.01. The Balaban J connectivity index is 2.26. The monoisotopic (exact) mass is 269 g/mol. The van der Waals surface area contributed by atoms with Crippen molar-refractivity contribution in [2.45, 2.75) is 13.8 Å². The predicted octanol–water partition coefficient (Wildman–Crippen LogP) is 2.53. The van der Waals surface area contributed by atoms with Crippen molar-refractivity contribution in [2.24, 2.45) is 0 Å². The molecule has 3 N–H and O–H groups in total. The number of benzene rings is 1. The maximum absolute atomic E-state index is 5.74. The quantitative estimate of drug-likeness (QED) is 0.743. The molecular weight excluding hydrogens is 254 g/mol. The van der Waals surface area contributed by atoms with E-state index in [1.807, 2.05) is 39.1 Å². The highest BCUT2D eigenvalue weighted by Crippen LogP contribution is 2.30. The van der Waals surface area contributed by atoms with Crippen LogP contribution in [0.4, 0.5) is 11.8 Å². The highest BCUT2D eigenvalue weighted by atomic mass is 16.5. The second-order valence-electron chi connectivity index (χ2n) is 4.61. The predicted molar refractivity (Wildman–Crippen MR) is 78.5 cm³/mol. The number of anilines is 2. The van der Waals surface area contributed by atoms with Gasteiger partial charge in [-0.1, -0.05) is 11.2 Å². The van der Waals surface area contributed by atoms with Crippen LogP contribution < -0.4 is 11.1 Å². The number of rotatable bonds is 2. The molecule has 0 amide bonds. The largest absolute Gasteiger partial charge is 0.372 e. The molecule has 3 aromatic rings. The van der Waals surface area contributed by atoms with E-state index in [9.17, 15) is 0 Å². The van der Waals surface area contributed by atoms with Gasteiger partial charge in [-0.2, -0.15) is 4.98 Å². The first kappa shape index (κ1) is 12.4. The third kappa shape index (κ3) is 1.85. The lowest BCUT2D eigenvalue weighted by atomic mass is 10.0. The van der Waals surface area contributed by atoms with E-state index < -0.39 is 0 Å². The molecule has 1 aromatic carbocycles. The molecular formula is C14H15N5O. The molecule has 2 heterocycles. The molecule has 0 saturated heterocycles. The van der Waals surface area contributed by atoms with Crippen molar-refractivity contribution in [1.82, 2.24) is 15.1 Å². The van der Waals surface area contributed by atoms with Crippen LogP contribution in [0.15, 0.2) is 22.7 Å². The second-order valence-corrected chi connectivity index (χ2v) is 4.61. The number of fused-ring (bicyclic) bond motifs is 1. The van der Waals surface area contributed by atoms with Gasteiger partial charge in [-0.25, -0.2) is 4.98 Å². The maximum atomic E-state index is 5.74. The van der Waals surface area contributed by atoms with E-state index in [1.165, 1.54) is 0 Å². The molecule has 0 saturated carbocycles. The zero-order valence-corrected chi connectivity index (χ0v) is 11.6. The second kappa shape index (κ2) is 4.48. The Bertz CT molecular complexity index is 774. The lowest BCUT2D eigenvalue weighted by molar-refractivity contribution is 0.393. The minimum absolute atomic E-state index is 0.248. The maximum Gasteiger partial charge on any atom is 0.222 e. The highest BCUT2D eigenvalue weighted by molar-refractivity contribution is 5.93. The number of aromatic nitrogens is 3. The molecule has 0 fully saturated rings. The molecule has 0 aliphatic heterocycles. The molecule has 0 radical (unpaired) electrons. The van der Waals surface area contributed by atoms with Crippen molar-refractivity contribution in [3.63, 3.8) is 0 Å². The molecule has 3 rings (SSSR count). The molecule has 6 nitrogen and oxygen atoms in total. The smallest absolute Gasteiger partial charge is 0.222 e. The summed E-state index contributed by atoms with van der Waals surface area (Å²) in [6.45, 7) is 3.82. The number of nitrogens with one attached hydrogen (secondary N) is 1. The first-order valence-corrected chi connectivity index (χ1v) is 6.28. The van der Waals surface area contributed by atoms with Crippen LogP contribution in [0.5, 0.6) is 0 Å². The summed E-state index contributed by atoms with van der Waals surface area (Å²) >= 11 is 0. The molecule has 0 aliphatic carbocycles. The Hall–Kier alpha value is -2.63. The van der Waals surface area contributed by atoms with Crippen molar-refractivity contribution in [1.29, 1.82) is 0 Å². The third-order valence-corrected chi connectivity index (χ3v) is 3.27. The summed E-state index contributed by atoms with van der Waals surface area (Å²) in [5.74, 6) is 1.76. The minimum Gasteiger partial charge on any atom is -0.372 e. The van der Waals surface area contributed by atoms with Gasteiger partial charge in [-0.15, -0.1) is 0 Å². The standard InChI is InChI=1S/C14H15N5O/c1-7-12(8(2)20-19-7)9-4-5-10-11(6-9)17-14(15)18-13(10)16-3/h4-6H,1-3H3,(H3,15,16,17,18). The summed E-state index contributed by atoms with van der Waals surface area (Å²) in [4.78, 5) is 8.46. The van der Waals surface area contributed by atoms with Gasteiger partial charge in [0.15, 0.2) is 0 Å². The van der Waals surface area contributed by atoms with Crippen LogP contribution in [0, 0.1) is 13.8 Å². The summed E-state index contributed by atoms with van der Waals surface area (Å²) in [5.41, 5.74) is 9.39. The van der Waals surface area contributed by atoms with Gasteiger partial charge in [-0.3, -0.25) is 0 Å². The van der Waals surface area contributed by atoms with Crippen LogP contribution in [0.3, 0.4) is 0 Å². The molecule has 0 unspecified atom stereocenters. The van der Waals surface area contributed by atoms with Crippen molar-refractivity contribution >= 4 is 22.7 Å². The van der Waals surface area contributed by atoms with Gasteiger partial charge in [0.2, 0.25) is 5.95 Å². The lowest BCUT2D eigenvalue weighted by Gasteiger charge is -2.07. The summed E-state index contributed by atoms with van der Waals surface area (Å²) < 4.78 is 5.21. The van der Waals surface area contributed by atoms with Crippen LogP contribution in [-0.4, -0.2) is 22.2 Å². The van der Waals surface area contributed by atoms with Crippen molar-refractivity contribution in [2.75, 3.05) is 18.1 Å². The summed E-state index contributed by atoms with van der Waals surface area (Å²) in [6, 6.07) is 5.96. The van der Waals surface area contributed by atoms with Gasteiger partial charge in [-0.05, 0) is 31.5 Å². The molecule has 0 atom stereocenters. The van der Waals surface area contributed by atoms with Gasteiger partial charge in [0, 0.05) is 18.0 Å². The van der Waals surface area contributed by atoms with E-state index >= 15 is 0 Å². The fourth-order valence-corrected chi connectivity index (χ4v) is 2.39. The molecule has 102 valence electrons. The van der Waals surface area contributed by atoms with E-state index in [4.69, 9.17) is 10.3 Å². The van der Waals surface area contributed by atoms with Crippen LogP contribution in [0.2, 0.25) is 0 Å². The molecule has 0 spiro atoms. The number of nitrogen functional groups attached to an aromatic ring is 1. The average Bonchev–Trinajstić information content (AvgIpc) is 2.76. The van der Waals surface area contributed by atoms with Gasteiger partial charge in [0.25, 0.3) is 0 Å². The van der Waals surface area contributed by atoms with Gasteiger partial charge in [0.05, 0.1) is 11.2 Å². The minimum atomic E-state index is 0.248. The Morgan fingerprint density at radius 2 is 2.00 bits per heavy atom. The number of hydrogen-bond donors (Lipinski definition) is 2. The van der Waals surface area contributed by atoms with E-state index in [0.717, 1.165) is 39.3 Å². The number of nitrogens with zero attached hydrogens (tertiary/aromatic N) is 3. The molecule has 0 bridgehead atoms. The van der Waals surface area contributed by atoms with Gasteiger partial charge < -0.3 is 15.6 Å². The van der Waals surface area contributed by atoms with Crippen LogP contribution >= 0.6 is 0 Å². The van der Waals surface area contributed by atoms with Crippen molar-refractivity contribution in [3.8, 4) is 11.1 Å². The van der Waals surface area contributed by atoms with Crippen LogP contribution in [-0.2, 0) is 0 Å². The van der Waals surface area contributed by atoms with E-state index in [0.29, 0.717) is 0 Å². The zero-order chi connectivity index (χ0) is 14.3. The topological polar surface area (TPSA) is 89.9 Å². The molecule has 2 aromatic heterocycles. The SMILES string of the molecule is CNc1nc(N)nc2cc(-c3c(C)noc3C)ccc12. The fraction of sp³-hybridized carbons (Fsp3) is 0.214. The Kier molecular flexibility index (Phi) is 2.78. The Morgan fingerprint density at radius 1 is 1.20 bits per heavy atom. The third-order valence-electron chi connectivity index (χ3n) is 3.27. The van der Waals surface area contributed by atoms with E-state index in [2.05, 4.69) is 20.4 Å². The zero-order valence-electron chi connectivity index (χ0n) is 11.6. The molecule has 6 heteroatoms. The Labute approximate surface area is 116 Å². The highest BCUT2D eigenvalue weighted by Gasteiger charge is 2.13. The first-order chi connectivity index (χ1) is 9.60. The molecule has 20 heavy (non-hydrogen) atoms. The number of aryl methyl sites for hydroxylation is 2.